The van der Waals surface area contributed by atoms with E-state index in [4.69, 9.17) is 11.6 Å². The molecule has 1 fully saturated rings. The van der Waals surface area contributed by atoms with Crippen molar-refractivity contribution in [3.8, 4) is 0 Å². The van der Waals surface area contributed by atoms with Gasteiger partial charge >= 0.3 is 0 Å². The van der Waals surface area contributed by atoms with Crippen LogP contribution in [0.25, 0.3) is 0 Å². The predicted octanol–water partition coefficient (Wildman–Crippen LogP) is 2.17. The number of aromatic amines is 1. The van der Waals surface area contributed by atoms with E-state index in [1.807, 2.05) is 0 Å². The summed E-state index contributed by atoms with van der Waals surface area (Å²) in [4.78, 5) is 3.18. The Kier molecular flexibility index (Phi) is 3.27. The molecular formula is C11H17ClN2O2S. The number of hydrogen-bond donors (Lipinski definition) is 1. The SMILES string of the molecule is CC1(C)CCN(S(=O)(=O)c2c[nH]c(CCl)c2)C1. The molecule has 1 aromatic heterocycles. The average Bonchev–Trinajstić information content (AvgIpc) is 2.84. The molecule has 1 aromatic rings. The summed E-state index contributed by atoms with van der Waals surface area (Å²) in [5, 5.41) is 0. The summed E-state index contributed by atoms with van der Waals surface area (Å²) in [5.74, 6) is 0.293. The van der Waals surface area contributed by atoms with Crippen LogP contribution in [0.15, 0.2) is 17.2 Å². The Labute approximate surface area is 107 Å². The van der Waals surface area contributed by atoms with E-state index in [0.717, 1.165) is 12.1 Å². The molecule has 2 heterocycles. The standard InChI is InChI=1S/C11H17ClN2O2S/c1-11(2)3-4-14(8-11)17(15,16)10-5-9(6-12)13-7-10/h5,7,13H,3-4,6,8H2,1-2H3. The third-order valence-electron chi connectivity index (χ3n) is 3.14. The molecule has 0 unspecified atom stereocenters. The Morgan fingerprint density at radius 2 is 2.24 bits per heavy atom. The van der Waals surface area contributed by atoms with Crippen molar-refractivity contribution in [3.05, 3.63) is 18.0 Å². The summed E-state index contributed by atoms with van der Waals surface area (Å²) in [6.07, 6.45) is 2.41. The predicted molar refractivity (Wildman–Crippen MR) is 67.5 cm³/mol. The average molecular weight is 277 g/mol. The largest absolute Gasteiger partial charge is 0.363 e. The van der Waals surface area contributed by atoms with E-state index in [1.165, 1.54) is 6.20 Å². The Morgan fingerprint density at radius 3 is 2.71 bits per heavy atom. The molecule has 17 heavy (non-hydrogen) atoms. The number of sulfonamides is 1. The molecule has 1 saturated heterocycles. The summed E-state index contributed by atoms with van der Waals surface area (Å²) in [5.41, 5.74) is 0.794. The molecule has 2 rings (SSSR count). The molecule has 6 heteroatoms. The molecule has 4 nitrogen and oxygen atoms in total. The van der Waals surface area contributed by atoms with Crippen LogP contribution in [0, 0.1) is 5.41 Å². The van der Waals surface area contributed by atoms with E-state index in [9.17, 15) is 8.42 Å². The van der Waals surface area contributed by atoms with Crippen LogP contribution in [0.2, 0.25) is 0 Å². The second kappa shape index (κ2) is 4.30. The van der Waals surface area contributed by atoms with Crippen LogP contribution in [-0.4, -0.2) is 30.8 Å². The molecule has 1 aliphatic rings. The topological polar surface area (TPSA) is 53.2 Å². The first-order valence-corrected chi connectivity index (χ1v) is 7.56. The van der Waals surface area contributed by atoms with E-state index in [2.05, 4.69) is 18.8 Å². The summed E-state index contributed by atoms with van der Waals surface area (Å²) in [6.45, 7) is 5.35. The second-order valence-electron chi connectivity index (χ2n) is 5.25. The van der Waals surface area contributed by atoms with Crippen molar-refractivity contribution >= 4 is 21.6 Å². The van der Waals surface area contributed by atoms with E-state index >= 15 is 0 Å². The van der Waals surface area contributed by atoms with Crippen LogP contribution in [0.4, 0.5) is 0 Å². The van der Waals surface area contributed by atoms with Gasteiger partial charge < -0.3 is 4.98 Å². The highest BCUT2D eigenvalue weighted by Gasteiger charge is 2.37. The van der Waals surface area contributed by atoms with Crippen molar-refractivity contribution in [2.24, 2.45) is 5.41 Å². The van der Waals surface area contributed by atoms with Crippen LogP contribution >= 0.6 is 11.6 Å². The quantitative estimate of drug-likeness (QED) is 0.861. The summed E-state index contributed by atoms with van der Waals surface area (Å²) in [7, 11) is -3.36. The molecule has 1 N–H and O–H groups in total. The van der Waals surface area contributed by atoms with Gasteiger partial charge in [0, 0.05) is 25.0 Å². The van der Waals surface area contributed by atoms with Crippen molar-refractivity contribution in [2.45, 2.75) is 31.0 Å². The lowest BCUT2D eigenvalue weighted by atomic mass is 9.93. The van der Waals surface area contributed by atoms with Crippen molar-refractivity contribution in [3.63, 3.8) is 0 Å². The highest BCUT2D eigenvalue weighted by molar-refractivity contribution is 7.89. The minimum absolute atomic E-state index is 0.0681. The third kappa shape index (κ3) is 2.51. The van der Waals surface area contributed by atoms with Gasteiger partial charge in [0.15, 0.2) is 0 Å². The fourth-order valence-electron chi connectivity index (χ4n) is 2.06. The molecular weight excluding hydrogens is 260 g/mol. The van der Waals surface area contributed by atoms with Crippen LogP contribution in [0.5, 0.6) is 0 Å². The van der Waals surface area contributed by atoms with Gasteiger partial charge in [-0.15, -0.1) is 11.6 Å². The molecule has 0 aromatic carbocycles. The van der Waals surface area contributed by atoms with Gasteiger partial charge in [0.1, 0.15) is 0 Å². The highest BCUT2D eigenvalue weighted by Crippen LogP contribution is 2.32. The maximum Gasteiger partial charge on any atom is 0.244 e. The summed E-state index contributed by atoms with van der Waals surface area (Å²) in [6, 6.07) is 1.60. The minimum atomic E-state index is -3.36. The number of halogens is 1. The van der Waals surface area contributed by atoms with E-state index in [0.29, 0.717) is 23.9 Å². The molecule has 0 radical (unpaired) electrons. The Balaban J connectivity index is 2.25. The van der Waals surface area contributed by atoms with Crippen molar-refractivity contribution in [2.75, 3.05) is 13.1 Å². The zero-order chi connectivity index (χ0) is 12.7. The monoisotopic (exact) mass is 276 g/mol. The van der Waals surface area contributed by atoms with Gasteiger partial charge in [-0.3, -0.25) is 0 Å². The number of hydrogen-bond acceptors (Lipinski definition) is 2. The Hall–Kier alpha value is -0.520. The molecule has 0 bridgehead atoms. The number of aromatic nitrogens is 1. The van der Waals surface area contributed by atoms with Crippen LogP contribution in [0.3, 0.4) is 0 Å². The van der Waals surface area contributed by atoms with E-state index < -0.39 is 10.0 Å². The van der Waals surface area contributed by atoms with Crippen molar-refractivity contribution < 1.29 is 8.42 Å². The molecule has 96 valence electrons. The zero-order valence-corrected chi connectivity index (χ0v) is 11.6. The molecule has 0 amide bonds. The van der Waals surface area contributed by atoms with Crippen molar-refractivity contribution in [1.29, 1.82) is 0 Å². The van der Waals surface area contributed by atoms with Gasteiger partial charge in [-0.05, 0) is 17.9 Å². The van der Waals surface area contributed by atoms with Gasteiger partial charge in [0.2, 0.25) is 10.0 Å². The highest BCUT2D eigenvalue weighted by atomic mass is 35.5. The van der Waals surface area contributed by atoms with Crippen LogP contribution < -0.4 is 0 Å². The maximum absolute atomic E-state index is 12.3. The number of alkyl halides is 1. The Bertz CT molecular complexity index is 507. The van der Waals surface area contributed by atoms with Gasteiger partial charge in [-0.2, -0.15) is 4.31 Å². The van der Waals surface area contributed by atoms with E-state index in [1.54, 1.807) is 10.4 Å². The smallest absolute Gasteiger partial charge is 0.244 e. The molecule has 0 spiro atoms. The molecule has 0 saturated carbocycles. The second-order valence-corrected chi connectivity index (χ2v) is 7.45. The van der Waals surface area contributed by atoms with Gasteiger partial charge in [0.05, 0.1) is 10.8 Å². The van der Waals surface area contributed by atoms with Gasteiger partial charge in [0.25, 0.3) is 0 Å². The van der Waals surface area contributed by atoms with Gasteiger partial charge in [-0.1, -0.05) is 13.8 Å². The van der Waals surface area contributed by atoms with Gasteiger partial charge in [-0.25, -0.2) is 8.42 Å². The Morgan fingerprint density at radius 1 is 1.53 bits per heavy atom. The van der Waals surface area contributed by atoms with E-state index in [-0.39, 0.29) is 5.41 Å². The number of rotatable bonds is 3. The number of H-pyrrole nitrogens is 1. The zero-order valence-electron chi connectivity index (χ0n) is 10.0. The maximum atomic E-state index is 12.3. The lowest BCUT2D eigenvalue weighted by molar-refractivity contribution is 0.375. The first-order valence-electron chi connectivity index (χ1n) is 5.59. The number of nitrogens with zero attached hydrogens (tertiary/aromatic N) is 1. The number of nitrogens with one attached hydrogen (secondary N) is 1. The molecule has 1 aliphatic heterocycles. The molecule has 0 atom stereocenters. The lowest BCUT2D eigenvalue weighted by Gasteiger charge is -2.18. The first-order chi connectivity index (χ1) is 7.85. The summed E-state index contributed by atoms with van der Waals surface area (Å²) >= 11 is 5.66. The fraction of sp³-hybridized carbons (Fsp3) is 0.636. The fourth-order valence-corrected chi connectivity index (χ4v) is 3.86. The lowest BCUT2D eigenvalue weighted by Crippen LogP contribution is -2.30. The normalized spacial score (nSPS) is 20.9. The van der Waals surface area contributed by atoms with Crippen LogP contribution in [-0.2, 0) is 15.9 Å². The van der Waals surface area contributed by atoms with Crippen LogP contribution in [0.1, 0.15) is 26.0 Å². The summed E-state index contributed by atoms with van der Waals surface area (Å²) < 4.78 is 26.2. The molecule has 0 aliphatic carbocycles. The first kappa shape index (κ1) is 12.9. The minimum Gasteiger partial charge on any atom is -0.363 e. The third-order valence-corrected chi connectivity index (χ3v) is 5.25. The van der Waals surface area contributed by atoms with Crippen molar-refractivity contribution in [1.82, 2.24) is 9.29 Å².